The van der Waals surface area contributed by atoms with Crippen LogP contribution in [-0.4, -0.2) is 31.3 Å². The van der Waals surface area contributed by atoms with Crippen molar-refractivity contribution in [2.24, 2.45) is 56.9 Å². The number of aliphatic carboxylic acids is 1. The Morgan fingerprint density at radius 3 is 2.31 bits per heavy atom. The van der Waals surface area contributed by atoms with Crippen LogP contribution in [0.15, 0.2) is 40.8 Å². The fourth-order valence-corrected chi connectivity index (χ4v) is 10.5. The summed E-state index contributed by atoms with van der Waals surface area (Å²) >= 11 is 0. The Balaban J connectivity index is 1.46. The van der Waals surface area contributed by atoms with Crippen molar-refractivity contribution in [3.63, 3.8) is 0 Å². The van der Waals surface area contributed by atoms with E-state index in [2.05, 4.69) is 26.8 Å². The van der Waals surface area contributed by atoms with Crippen molar-refractivity contribution in [3.05, 3.63) is 35.9 Å². The molecule has 1 spiro atoms. The second-order valence-electron chi connectivity index (χ2n) is 13.5. The predicted molar refractivity (Wildman–Crippen MR) is 145 cm³/mol. The standard InChI is InChI=1S/C30H38N2O6S/c1-16(2)20-15-30-13-10-21-28(3,11-5-12-29(21,4)27(35)36)22(30)14-19(20)23-24(30)26(34)32(25(23)33)17-6-8-18(9-7-17)39(31,37)38/h6-9,15-16,19,21-24H,5,10-14H2,1-4H3,(H,35,36)(H2,31,37,38)/t19-,21+,22-,23+,24-,28-,29+,30+/m0/s1. The second kappa shape index (κ2) is 8.26. The number of primary sulfonamides is 1. The molecule has 3 N–H and O–H groups in total. The largest absolute Gasteiger partial charge is 0.481 e. The predicted octanol–water partition coefficient (Wildman–Crippen LogP) is 4.35. The minimum atomic E-state index is -3.90. The highest BCUT2D eigenvalue weighted by molar-refractivity contribution is 7.89. The summed E-state index contributed by atoms with van der Waals surface area (Å²) in [7, 11) is -3.90. The fourth-order valence-electron chi connectivity index (χ4n) is 10.00. The monoisotopic (exact) mass is 554 g/mol. The zero-order valence-electron chi connectivity index (χ0n) is 23.0. The van der Waals surface area contributed by atoms with Crippen molar-refractivity contribution in [2.45, 2.75) is 71.1 Å². The number of carbonyl (C=O) groups excluding carboxylic acids is 2. The molecule has 0 unspecified atom stereocenters. The number of allylic oxidation sites excluding steroid dienone is 2. The van der Waals surface area contributed by atoms with Crippen molar-refractivity contribution in [2.75, 3.05) is 4.90 Å². The van der Waals surface area contributed by atoms with Gasteiger partial charge in [-0.1, -0.05) is 38.8 Å². The number of imide groups is 1. The van der Waals surface area contributed by atoms with Gasteiger partial charge in [0.25, 0.3) is 0 Å². The van der Waals surface area contributed by atoms with Gasteiger partial charge in [0.15, 0.2) is 0 Å². The van der Waals surface area contributed by atoms with Gasteiger partial charge in [-0.3, -0.25) is 19.3 Å². The van der Waals surface area contributed by atoms with Crippen molar-refractivity contribution < 1.29 is 27.9 Å². The molecule has 1 aromatic carbocycles. The number of hydrogen-bond acceptors (Lipinski definition) is 5. The Bertz CT molecular complexity index is 1420. The van der Waals surface area contributed by atoms with Gasteiger partial charge in [0.1, 0.15) is 0 Å². The second-order valence-corrected chi connectivity index (χ2v) is 15.1. The van der Waals surface area contributed by atoms with E-state index in [-0.39, 0.29) is 45.8 Å². The number of hydrogen-bond donors (Lipinski definition) is 2. The molecule has 0 aromatic heterocycles. The van der Waals surface area contributed by atoms with E-state index in [1.807, 2.05) is 6.92 Å². The molecule has 6 aliphatic rings. The molecule has 7 rings (SSSR count). The lowest BCUT2D eigenvalue weighted by atomic mass is 9.34. The highest BCUT2D eigenvalue weighted by Gasteiger charge is 2.73. The molecule has 0 radical (unpaired) electrons. The van der Waals surface area contributed by atoms with Gasteiger partial charge in [0.2, 0.25) is 21.8 Å². The van der Waals surface area contributed by atoms with E-state index in [1.54, 1.807) is 0 Å². The van der Waals surface area contributed by atoms with Gasteiger partial charge in [-0.2, -0.15) is 0 Å². The summed E-state index contributed by atoms with van der Waals surface area (Å²) in [4.78, 5) is 42.1. The van der Waals surface area contributed by atoms with Crippen molar-refractivity contribution in [1.82, 2.24) is 0 Å². The number of fused-ring (bicyclic) bond motifs is 1. The van der Waals surface area contributed by atoms with Crippen LogP contribution in [0.3, 0.4) is 0 Å². The molecule has 210 valence electrons. The molecular weight excluding hydrogens is 516 g/mol. The van der Waals surface area contributed by atoms with Gasteiger partial charge in [0.05, 0.1) is 27.8 Å². The molecule has 8 nitrogen and oxygen atoms in total. The minimum absolute atomic E-state index is 0.0228. The summed E-state index contributed by atoms with van der Waals surface area (Å²) in [6.45, 7) is 8.46. The Labute approximate surface area is 230 Å². The normalized spacial score (nSPS) is 41.2. The summed E-state index contributed by atoms with van der Waals surface area (Å²) in [5.74, 6) is -1.80. The van der Waals surface area contributed by atoms with E-state index < -0.39 is 38.7 Å². The molecule has 1 aromatic rings. The van der Waals surface area contributed by atoms with Gasteiger partial charge < -0.3 is 5.11 Å². The number of nitrogens with zero attached hydrogens (tertiary/aromatic N) is 1. The number of amides is 2. The molecule has 2 bridgehead atoms. The van der Waals surface area contributed by atoms with Crippen LogP contribution in [0.5, 0.6) is 0 Å². The van der Waals surface area contributed by atoms with E-state index in [4.69, 9.17) is 5.14 Å². The average molecular weight is 555 g/mol. The Morgan fingerprint density at radius 2 is 1.72 bits per heavy atom. The first-order valence-corrected chi connectivity index (χ1v) is 15.7. The summed E-state index contributed by atoms with van der Waals surface area (Å²) < 4.78 is 23.5. The summed E-state index contributed by atoms with van der Waals surface area (Å²) in [6, 6.07) is 5.64. The van der Waals surface area contributed by atoms with Gasteiger partial charge in [-0.05, 0) is 92.4 Å². The van der Waals surface area contributed by atoms with Crippen molar-refractivity contribution >= 4 is 33.5 Å². The van der Waals surface area contributed by atoms with Gasteiger partial charge >= 0.3 is 5.97 Å². The Kier molecular flexibility index (Phi) is 5.65. The van der Waals surface area contributed by atoms with E-state index in [1.165, 1.54) is 34.7 Å². The lowest BCUT2D eigenvalue weighted by Gasteiger charge is -2.68. The highest BCUT2D eigenvalue weighted by Crippen LogP contribution is 2.74. The number of sulfonamides is 1. The third-order valence-corrected chi connectivity index (χ3v) is 12.5. The quantitative estimate of drug-likeness (QED) is 0.420. The molecule has 9 heteroatoms. The molecule has 2 amide bonds. The lowest BCUT2D eigenvalue weighted by Crippen LogP contribution is -2.65. The van der Waals surface area contributed by atoms with Crippen LogP contribution < -0.4 is 10.0 Å². The first kappa shape index (κ1) is 26.7. The summed E-state index contributed by atoms with van der Waals surface area (Å²) in [6.07, 6.45) is 7.01. The first-order chi connectivity index (χ1) is 18.2. The highest BCUT2D eigenvalue weighted by atomic mass is 32.2. The Morgan fingerprint density at radius 1 is 1.05 bits per heavy atom. The molecule has 1 heterocycles. The van der Waals surface area contributed by atoms with Crippen LogP contribution in [0.4, 0.5) is 5.69 Å². The van der Waals surface area contributed by atoms with Crippen molar-refractivity contribution in [1.29, 1.82) is 0 Å². The fraction of sp³-hybridized carbons (Fsp3) is 0.633. The third kappa shape index (κ3) is 3.38. The average Bonchev–Trinajstić information content (AvgIpc) is 3.14. The topological polar surface area (TPSA) is 135 Å². The molecular formula is C30H38N2O6S. The number of benzene rings is 1. The molecule has 1 saturated heterocycles. The number of rotatable bonds is 4. The number of carbonyl (C=O) groups is 3. The van der Waals surface area contributed by atoms with Gasteiger partial charge in [-0.15, -0.1) is 0 Å². The van der Waals surface area contributed by atoms with E-state index in [0.717, 1.165) is 25.7 Å². The van der Waals surface area contributed by atoms with Crippen LogP contribution in [0, 0.1) is 51.8 Å². The number of nitrogens with two attached hydrogens (primary N) is 1. The zero-order chi connectivity index (χ0) is 28.3. The van der Waals surface area contributed by atoms with E-state index >= 15 is 0 Å². The number of carboxylic acids is 1. The summed E-state index contributed by atoms with van der Waals surface area (Å²) in [5.41, 5.74) is 0.0882. The maximum atomic E-state index is 14.3. The molecule has 39 heavy (non-hydrogen) atoms. The van der Waals surface area contributed by atoms with Crippen LogP contribution in [0.25, 0.3) is 0 Å². The summed E-state index contributed by atoms with van der Waals surface area (Å²) in [5, 5.41) is 15.5. The van der Waals surface area contributed by atoms with Crippen LogP contribution in [-0.2, 0) is 24.4 Å². The first-order valence-electron chi connectivity index (χ1n) is 14.1. The molecule has 3 saturated carbocycles. The zero-order valence-corrected chi connectivity index (χ0v) is 23.8. The maximum Gasteiger partial charge on any atom is 0.309 e. The molecule has 8 atom stereocenters. The lowest BCUT2D eigenvalue weighted by molar-refractivity contribution is -0.194. The SMILES string of the molecule is CC(C)C1=C[C@]23CC[C@@H]4[C@](C)(CCC[C@@]4(C)C(=O)O)[C@@H]2C[C@@H]1[C@H]1C(=O)N(c2ccc(S(N)(=O)=O)cc2)C(=O)[C@H]13. The Hall–Kier alpha value is -2.52. The smallest absolute Gasteiger partial charge is 0.309 e. The molecule has 5 aliphatic carbocycles. The number of carboxylic acid groups (broad SMARTS) is 1. The third-order valence-electron chi connectivity index (χ3n) is 11.6. The van der Waals surface area contributed by atoms with Gasteiger partial charge in [-0.25, -0.2) is 13.6 Å². The van der Waals surface area contributed by atoms with E-state index in [0.29, 0.717) is 18.5 Å². The maximum absolute atomic E-state index is 14.3. The van der Waals surface area contributed by atoms with E-state index in [9.17, 15) is 27.9 Å². The van der Waals surface area contributed by atoms with Crippen molar-refractivity contribution in [3.8, 4) is 0 Å². The van der Waals surface area contributed by atoms with Crippen LogP contribution in [0.2, 0.25) is 0 Å². The van der Waals surface area contributed by atoms with Crippen LogP contribution in [0.1, 0.15) is 66.2 Å². The minimum Gasteiger partial charge on any atom is -0.481 e. The van der Waals surface area contributed by atoms with Crippen LogP contribution >= 0.6 is 0 Å². The molecule has 4 fully saturated rings. The molecule has 1 aliphatic heterocycles. The van der Waals surface area contributed by atoms with Gasteiger partial charge in [0, 0.05) is 5.41 Å². The number of anilines is 1.